The first-order valence-corrected chi connectivity index (χ1v) is 8.62. The molecule has 0 saturated carbocycles. The number of nitrogens with one attached hydrogen (secondary N) is 1. The maximum atomic E-state index is 12.2. The van der Waals surface area contributed by atoms with Crippen LogP contribution in [-0.2, 0) is 20.2 Å². The number of hydrogen-bond acceptors (Lipinski definition) is 4. The van der Waals surface area contributed by atoms with Crippen molar-refractivity contribution in [2.24, 2.45) is 7.05 Å². The van der Waals surface area contributed by atoms with Gasteiger partial charge < -0.3 is 14.5 Å². The van der Waals surface area contributed by atoms with Crippen LogP contribution in [0.25, 0.3) is 0 Å². The summed E-state index contributed by atoms with van der Waals surface area (Å²) in [6.07, 6.45) is 1.53. The van der Waals surface area contributed by atoms with Gasteiger partial charge in [0.1, 0.15) is 18.1 Å². The molecule has 1 N–H and O–H groups in total. The highest BCUT2D eigenvalue weighted by Crippen LogP contribution is 2.28. The number of aryl methyl sites for hydroxylation is 2. The van der Waals surface area contributed by atoms with E-state index in [1.807, 2.05) is 19.1 Å². The number of benzene rings is 1. The van der Waals surface area contributed by atoms with Crippen LogP contribution in [0.3, 0.4) is 0 Å². The smallest absolute Gasteiger partial charge is 0.287 e. The molecule has 6 nitrogen and oxygen atoms in total. The van der Waals surface area contributed by atoms with Gasteiger partial charge in [-0.15, -0.1) is 0 Å². The minimum Gasteiger partial charge on any atom is -0.484 e. The van der Waals surface area contributed by atoms with Crippen LogP contribution in [0.4, 0.5) is 0 Å². The van der Waals surface area contributed by atoms with Crippen molar-refractivity contribution in [1.29, 1.82) is 0 Å². The first-order chi connectivity index (χ1) is 12.5. The molecule has 2 heterocycles. The molecule has 0 aliphatic rings. The van der Waals surface area contributed by atoms with Crippen molar-refractivity contribution in [1.82, 2.24) is 15.1 Å². The Balaban J connectivity index is 1.60. The number of ether oxygens (including phenoxy) is 1. The zero-order chi connectivity index (χ0) is 18.7. The lowest BCUT2D eigenvalue weighted by molar-refractivity contribution is 0.0918. The van der Waals surface area contributed by atoms with Gasteiger partial charge in [-0.2, -0.15) is 5.10 Å². The van der Waals surface area contributed by atoms with Gasteiger partial charge in [0.2, 0.25) is 0 Å². The van der Waals surface area contributed by atoms with Crippen molar-refractivity contribution in [2.45, 2.75) is 20.1 Å². The maximum absolute atomic E-state index is 12.2. The third-order valence-corrected chi connectivity index (χ3v) is 4.45. The second kappa shape index (κ2) is 7.85. The van der Waals surface area contributed by atoms with Crippen LogP contribution in [0.5, 0.6) is 5.75 Å². The Morgan fingerprint density at radius 2 is 2.08 bits per heavy atom. The van der Waals surface area contributed by atoms with E-state index in [2.05, 4.69) is 10.4 Å². The number of hydrogen-bond donors (Lipinski definition) is 1. The molecule has 0 atom stereocenters. The van der Waals surface area contributed by atoms with Gasteiger partial charge in [-0.05, 0) is 30.7 Å². The van der Waals surface area contributed by atoms with E-state index in [-0.39, 0.29) is 24.8 Å². The van der Waals surface area contributed by atoms with Crippen molar-refractivity contribution in [2.75, 3.05) is 0 Å². The molecule has 0 bridgehead atoms. The number of rotatable bonds is 6. The number of carbonyl (C=O) groups excluding carboxylic acids is 1. The average Bonchev–Trinajstić information content (AvgIpc) is 3.20. The molecule has 0 fully saturated rings. The second-order valence-corrected chi connectivity index (χ2v) is 6.50. The summed E-state index contributed by atoms with van der Waals surface area (Å²) in [5.74, 6) is 0.968. The fraction of sp³-hybridized carbons (Fsp3) is 0.222. The number of furan rings is 1. The quantitative estimate of drug-likeness (QED) is 0.683. The monoisotopic (exact) mass is 393 g/mol. The van der Waals surface area contributed by atoms with Crippen LogP contribution < -0.4 is 10.1 Å². The van der Waals surface area contributed by atoms with Gasteiger partial charge in [0.25, 0.3) is 5.91 Å². The van der Waals surface area contributed by atoms with Crippen LogP contribution >= 0.6 is 23.2 Å². The lowest BCUT2D eigenvalue weighted by atomic mass is 10.2. The van der Waals surface area contributed by atoms with E-state index in [4.69, 9.17) is 32.4 Å². The van der Waals surface area contributed by atoms with Crippen molar-refractivity contribution in [3.63, 3.8) is 0 Å². The normalized spacial score (nSPS) is 10.8. The van der Waals surface area contributed by atoms with Crippen molar-refractivity contribution in [3.05, 3.63) is 69.4 Å². The summed E-state index contributed by atoms with van der Waals surface area (Å²) in [6, 6.07) is 8.81. The highest BCUT2D eigenvalue weighted by Gasteiger charge is 2.14. The lowest BCUT2D eigenvalue weighted by Gasteiger charge is -2.09. The highest BCUT2D eigenvalue weighted by atomic mass is 35.5. The minimum atomic E-state index is -0.345. The molecule has 3 aromatic rings. The van der Waals surface area contributed by atoms with E-state index in [1.54, 1.807) is 29.9 Å². The van der Waals surface area contributed by atoms with Crippen LogP contribution in [0, 0.1) is 6.92 Å². The molecule has 0 saturated heterocycles. The molecule has 0 radical (unpaired) electrons. The van der Waals surface area contributed by atoms with E-state index < -0.39 is 0 Å². The molecule has 136 valence electrons. The average molecular weight is 394 g/mol. The molecule has 1 aromatic carbocycles. The first-order valence-electron chi connectivity index (χ1n) is 7.87. The molecule has 0 unspecified atom stereocenters. The van der Waals surface area contributed by atoms with Crippen molar-refractivity contribution >= 4 is 29.1 Å². The van der Waals surface area contributed by atoms with Gasteiger partial charge in [-0.25, -0.2) is 0 Å². The van der Waals surface area contributed by atoms with E-state index in [0.717, 1.165) is 5.56 Å². The number of aromatic nitrogens is 2. The first kappa shape index (κ1) is 18.4. The highest BCUT2D eigenvalue weighted by molar-refractivity contribution is 6.32. The number of halogens is 2. The summed E-state index contributed by atoms with van der Waals surface area (Å²) in [5, 5.41) is 7.80. The molecule has 0 aliphatic heterocycles. The summed E-state index contributed by atoms with van der Waals surface area (Å²) in [7, 11) is 1.76. The van der Waals surface area contributed by atoms with Gasteiger partial charge in [0.05, 0.1) is 28.5 Å². The van der Waals surface area contributed by atoms with E-state index >= 15 is 0 Å². The largest absolute Gasteiger partial charge is 0.484 e. The molecule has 1 amide bonds. The molecule has 3 rings (SSSR count). The topological polar surface area (TPSA) is 69.3 Å². The van der Waals surface area contributed by atoms with Crippen LogP contribution in [0.2, 0.25) is 10.0 Å². The van der Waals surface area contributed by atoms with E-state index in [0.29, 0.717) is 27.2 Å². The third kappa shape index (κ3) is 4.03. The zero-order valence-corrected chi connectivity index (χ0v) is 15.8. The summed E-state index contributed by atoms with van der Waals surface area (Å²) in [6.45, 7) is 2.33. The molecular formula is C18H17Cl2N3O3. The Morgan fingerprint density at radius 3 is 2.77 bits per heavy atom. The minimum absolute atomic E-state index is 0.172. The Bertz CT molecular complexity index is 894. The summed E-state index contributed by atoms with van der Waals surface area (Å²) in [5.41, 5.74) is 1.64. The zero-order valence-electron chi connectivity index (χ0n) is 14.3. The number of amides is 1. The number of para-hydroxylation sites is 1. The van der Waals surface area contributed by atoms with Crippen molar-refractivity contribution < 1.29 is 13.9 Å². The predicted octanol–water partition coefficient (Wildman–Crippen LogP) is 4.14. The number of nitrogens with zero attached hydrogens (tertiary/aromatic N) is 2. The number of carbonyl (C=O) groups is 1. The van der Waals surface area contributed by atoms with Gasteiger partial charge in [0, 0.05) is 7.05 Å². The summed E-state index contributed by atoms with van der Waals surface area (Å²) >= 11 is 12.1. The van der Waals surface area contributed by atoms with Crippen LogP contribution in [0.1, 0.15) is 27.6 Å². The standard InChI is InChI=1S/C18H17Cl2N3O3/c1-11-4-3-5-13(19)17(11)25-10-12-6-7-16(26-12)18(24)21-9-15-14(20)8-22-23(15)2/h3-8H,9-10H2,1-2H3,(H,21,24). The predicted molar refractivity (Wildman–Crippen MR) is 98.6 cm³/mol. The van der Waals surface area contributed by atoms with E-state index in [1.165, 1.54) is 6.20 Å². The van der Waals surface area contributed by atoms with Crippen molar-refractivity contribution in [3.8, 4) is 5.75 Å². The Morgan fingerprint density at radius 1 is 1.27 bits per heavy atom. The van der Waals surface area contributed by atoms with Gasteiger partial charge in [-0.1, -0.05) is 35.3 Å². The van der Waals surface area contributed by atoms with Gasteiger partial charge >= 0.3 is 0 Å². The Labute approximate surface area is 160 Å². The summed E-state index contributed by atoms with van der Waals surface area (Å²) in [4.78, 5) is 12.2. The molecular weight excluding hydrogens is 377 g/mol. The lowest BCUT2D eigenvalue weighted by Crippen LogP contribution is -2.23. The molecule has 26 heavy (non-hydrogen) atoms. The molecule has 2 aromatic heterocycles. The van der Waals surface area contributed by atoms with Gasteiger partial charge in [0.15, 0.2) is 5.76 Å². The fourth-order valence-electron chi connectivity index (χ4n) is 2.41. The van der Waals surface area contributed by atoms with Crippen LogP contribution in [0.15, 0.2) is 40.9 Å². The SMILES string of the molecule is Cc1cccc(Cl)c1OCc1ccc(C(=O)NCc2c(Cl)cnn2C)o1. The molecule has 0 aliphatic carbocycles. The molecule has 8 heteroatoms. The fourth-order valence-corrected chi connectivity index (χ4v) is 2.92. The molecule has 0 spiro atoms. The maximum Gasteiger partial charge on any atom is 0.287 e. The Hall–Kier alpha value is -2.44. The van der Waals surface area contributed by atoms with Crippen LogP contribution in [-0.4, -0.2) is 15.7 Å². The summed E-state index contributed by atoms with van der Waals surface area (Å²) < 4.78 is 12.9. The van der Waals surface area contributed by atoms with E-state index in [9.17, 15) is 4.79 Å². The Kier molecular flexibility index (Phi) is 5.54. The second-order valence-electron chi connectivity index (χ2n) is 5.69. The third-order valence-electron chi connectivity index (χ3n) is 3.84. The van der Waals surface area contributed by atoms with Gasteiger partial charge in [-0.3, -0.25) is 9.48 Å².